The number of anilines is 2. The fraction of sp³-hybridized carbons (Fsp3) is 0.348. The van der Waals surface area contributed by atoms with E-state index in [1.807, 2.05) is 32.0 Å². The summed E-state index contributed by atoms with van der Waals surface area (Å²) in [5.74, 6) is -1.11. The molecule has 0 fully saturated rings. The SMILES string of the molecule is Cc1ccc(NC(=O)[C@H](C)OC(=O)c2cccc(NC(=O)OC(C)(C)C)c2)c(C)c1. The first-order valence-electron chi connectivity index (χ1n) is 9.64. The second-order valence-electron chi connectivity index (χ2n) is 8.06. The molecule has 1 atom stereocenters. The van der Waals surface area contributed by atoms with Gasteiger partial charge in [0.2, 0.25) is 0 Å². The van der Waals surface area contributed by atoms with E-state index < -0.39 is 29.7 Å². The summed E-state index contributed by atoms with van der Waals surface area (Å²) in [7, 11) is 0. The summed E-state index contributed by atoms with van der Waals surface area (Å²) in [5, 5.41) is 5.33. The van der Waals surface area contributed by atoms with E-state index in [0.29, 0.717) is 11.4 Å². The predicted octanol–water partition coefficient (Wildman–Crippen LogP) is 4.83. The van der Waals surface area contributed by atoms with Gasteiger partial charge in [-0.25, -0.2) is 9.59 Å². The maximum atomic E-state index is 12.4. The summed E-state index contributed by atoms with van der Waals surface area (Å²) in [6.45, 7) is 10.6. The molecule has 0 spiro atoms. The summed E-state index contributed by atoms with van der Waals surface area (Å²) < 4.78 is 10.5. The molecule has 7 heteroatoms. The normalized spacial score (nSPS) is 11.9. The van der Waals surface area contributed by atoms with Crippen LogP contribution in [0, 0.1) is 13.8 Å². The topological polar surface area (TPSA) is 93.7 Å². The fourth-order valence-corrected chi connectivity index (χ4v) is 2.62. The Kier molecular flexibility index (Phi) is 7.21. The van der Waals surface area contributed by atoms with E-state index in [-0.39, 0.29) is 5.56 Å². The molecule has 0 bridgehead atoms. The third-order valence-corrected chi connectivity index (χ3v) is 4.04. The molecule has 2 aromatic carbocycles. The Morgan fingerprint density at radius 2 is 1.67 bits per heavy atom. The first-order chi connectivity index (χ1) is 13.9. The van der Waals surface area contributed by atoms with E-state index in [9.17, 15) is 14.4 Å². The lowest BCUT2D eigenvalue weighted by Crippen LogP contribution is -2.30. The average molecular weight is 412 g/mol. The second kappa shape index (κ2) is 9.43. The van der Waals surface area contributed by atoms with Gasteiger partial charge in [0.15, 0.2) is 6.10 Å². The van der Waals surface area contributed by atoms with Crippen molar-refractivity contribution in [3.05, 3.63) is 59.2 Å². The first-order valence-corrected chi connectivity index (χ1v) is 9.64. The molecule has 0 saturated carbocycles. The molecule has 0 radical (unpaired) electrons. The summed E-state index contributed by atoms with van der Waals surface area (Å²) in [6, 6.07) is 11.9. The van der Waals surface area contributed by atoms with Crippen molar-refractivity contribution in [1.82, 2.24) is 0 Å². The zero-order valence-electron chi connectivity index (χ0n) is 18.2. The van der Waals surface area contributed by atoms with Crippen LogP contribution < -0.4 is 10.6 Å². The quantitative estimate of drug-likeness (QED) is 0.686. The van der Waals surface area contributed by atoms with Crippen LogP contribution in [0.3, 0.4) is 0 Å². The molecule has 0 heterocycles. The molecule has 0 aliphatic rings. The Balaban J connectivity index is 1.99. The van der Waals surface area contributed by atoms with Crippen molar-refractivity contribution >= 4 is 29.3 Å². The highest BCUT2D eigenvalue weighted by molar-refractivity contribution is 5.98. The minimum atomic E-state index is -0.999. The van der Waals surface area contributed by atoms with Gasteiger partial charge in [-0.3, -0.25) is 10.1 Å². The van der Waals surface area contributed by atoms with E-state index in [0.717, 1.165) is 11.1 Å². The molecule has 0 aromatic heterocycles. The molecule has 2 rings (SSSR count). The highest BCUT2D eigenvalue weighted by atomic mass is 16.6. The van der Waals surface area contributed by atoms with E-state index in [1.165, 1.54) is 19.1 Å². The molecule has 160 valence electrons. The van der Waals surface area contributed by atoms with Crippen molar-refractivity contribution in [3.8, 4) is 0 Å². The molecule has 2 N–H and O–H groups in total. The lowest BCUT2D eigenvalue weighted by Gasteiger charge is -2.19. The maximum Gasteiger partial charge on any atom is 0.412 e. The molecular weight excluding hydrogens is 384 g/mol. The number of hydrogen-bond acceptors (Lipinski definition) is 5. The number of benzene rings is 2. The number of ether oxygens (including phenoxy) is 2. The number of carbonyl (C=O) groups excluding carboxylic acids is 3. The molecule has 7 nitrogen and oxygen atoms in total. The summed E-state index contributed by atoms with van der Waals surface area (Å²) in [6.07, 6.45) is -1.63. The van der Waals surface area contributed by atoms with Gasteiger partial charge >= 0.3 is 12.1 Å². The standard InChI is InChI=1S/C23H28N2O5/c1-14-10-11-19(15(2)12-14)25-20(26)16(3)29-21(27)17-8-7-9-18(13-17)24-22(28)30-23(4,5)6/h7-13,16H,1-6H3,(H,24,28)(H,25,26)/t16-/m0/s1. The Morgan fingerprint density at radius 1 is 0.967 bits per heavy atom. The largest absolute Gasteiger partial charge is 0.449 e. The number of amides is 2. The van der Waals surface area contributed by atoms with Crippen molar-refractivity contribution in [2.45, 2.75) is 53.2 Å². The van der Waals surface area contributed by atoms with Gasteiger partial charge in [0, 0.05) is 11.4 Å². The number of hydrogen-bond donors (Lipinski definition) is 2. The third-order valence-electron chi connectivity index (χ3n) is 4.04. The molecule has 0 aliphatic heterocycles. The Bertz CT molecular complexity index is 947. The van der Waals surface area contributed by atoms with Gasteiger partial charge in [-0.15, -0.1) is 0 Å². The van der Waals surface area contributed by atoms with Crippen LogP contribution >= 0.6 is 0 Å². The second-order valence-corrected chi connectivity index (χ2v) is 8.06. The number of rotatable bonds is 5. The Hall–Kier alpha value is -3.35. The van der Waals surface area contributed by atoms with Crippen LogP contribution in [-0.4, -0.2) is 29.7 Å². The van der Waals surface area contributed by atoms with Crippen molar-refractivity contribution in [2.24, 2.45) is 0 Å². The van der Waals surface area contributed by atoms with E-state index in [1.54, 1.807) is 32.9 Å². The molecule has 0 saturated heterocycles. The van der Waals surface area contributed by atoms with Crippen molar-refractivity contribution < 1.29 is 23.9 Å². The highest BCUT2D eigenvalue weighted by Gasteiger charge is 2.21. The van der Waals surface area contributed by atoms with Crippen molar-refractivity contribution in [3.63, 3.8) is 0 Å². The van der Waals surface area contributed by atoms with Crippen LogP contribution in [0.25, 0.3) is 0 Å². The van der Waals surface area contributed by atoms with Gasteiger partial charge in [-0.05, 0) is 71.4 Å². The van der Waals surface area contributed by atoms with Crippen LogP contribution in [0.4, 0.5) is 16.2 Å². The first kappa shape index (κ1) is 22.9. The summed E-state index contributed by atoms with van der Waals surface area (Å²) in [4.78, 5) is 36.7. The van der Waals surface area contributed by atoms with E-state index >= 15 is 0 Å². The van der Waals surface area contributed by atoms with Gasteiger partial charge in [-0.2, -0.15) is 0 Å². The smallest absolute Gasteiger partial charge is 0.412 e. The minimum Gasteiger partial charge on any atom is -0.449 e. The monoisotopic (exact) mass is 412 g/mol. The number of esters is 1. The molecule has 0 unspecified atom stereocenters. The van der Waals surface area contributed by atoms with E-state index in [2.05, 4.69) is 10.6 Å². The van der Waals surface area contributed by atoms with Crippen LogP contribution in [0.2, 0.25) is 0 Å². The summed E-state index contributed by atoms with van der Waals surface area (Å²) in [5.41, 5.74) is 2.62. The van der Waals surface area contributed by atoms with Gasteiger partial charge in [0.25, 0.3) is 5.91 Å². The Morgan fingerprint density at radius 3 is 2.30 bits per heavy atom. The average Bonchev–Trinajstić information content (AvgIpc) is 2.62. The highest BCUT2D eigenvalue weighted by Crippen LogP contribution is 2.18. The van der Waals surface area contributed by atoms with Crippen LogP contribution in [0.15, 0.2) is 42.5 Å². The van der Waals surface area contributed by atoms with E-state index in [4.69, 9.17) is 9.47 Å². The Labute approximate surface area is 176 Å². The van der Waals surface area contributed by atoms with Gasteiger partial charge < -0.3 is 14.8 Å². The molecule has 2 aromatic rings. The minimum absolute atomic E-state index is 0.203. The number of nitrogens with one attached hydrogen (secondary N) is 2. The lowest BCUT2D eigenvalue weighted by molar-refractivity contribution is -0.123. The van der Waals surface area contributed by atoms with Gasteiger partial charge in [0.05, 0.1) is 5.56 Å². The van der Waals surface area contributed by atoms with Crippen LogP contribution in [-0.2, 0) is 14.3 Å². The molecule has 2 amide bonds. The zero-order chi connectivity index (χ0) is 22.5. The third kappa shape index (κ3) is 6.92. The number of carbonyl (C=O) groups is 3. The maximum absolute atomic E-state index is 12.4. The molecular formula is C23H28N2O5. The molecule has 30 heavy (non-hydrogen) atoms. The van der Waals surface area contributed by atoms with Crippen LogP contribution in [0.1, 0.15) is 49.2 Å². The van der Waals surface area contributed by atoms with Gasteiger partial charge in [0.1, 0.15) is 5.60 Å². The predicted molar refractivity (Wildman–Crippen MR) is 116 cm³/mol. The van der Waals surface area contributed by atoms with Crippen LogP contribution in [0.5, 0.6) is 0 Å². The van der Waals surface area contributed by atoms with Crippen molar-refractivity contribution in [1.29, 1.82) is 0 Å². The van der Waals surface area contributed by atoms with Crippen molar-refractivity contribution in [2.75, 3.05) is 10.6 Å². The number of aryl methyl sites for hydroxylation is 2. The summed E-state index contributed by atoms with van der Waals surface area (Å²) >= 11 is 0. The van der Waals surface area contributed by atoms with Gasteiger partial charge in [-0.1, -0.05) is 23.8 Å². The lowest BCUT2D eigenvalue weighted by atomic mass is 10.1. The zero-order valence-corrected chi connectivity index (χ0v) is 18.2. The molecule has 0 aliphatic carbocycles. The fourth-order valence-electron chi connectivity index (χ4n) is 2.62.